The van der Waals surface area contributed by atoms with Crippen molar-refractivity contribution in [2.45, 2.75) is 13.0 Å². The first kappa shape index (κ1) is 13.7. The summed E-state index contributed by atoms with van der Waals surface area (Å²) in [6, 6.07) is 7.68. The molecule has 0 aliphatic heterocycles. The molecule has 0 unspecified atom stereocenters. The minimum Gasteiger partial charge on any atom is -0.330 e. The third-order valence-corrected chi connectivity index (χ3v) is 3.52. The van der Waals surface area contributed by atoms with Gasteiger partial charge in [-0.15, -0.1) is 0 Å². The molecule has 2 aromatic heterocycles. The molecular formula is C16H15F2N3. The first-order valence-electron chi connectivity index (χ1n) is 6.76. The van der Waals surface area contributed by atoms with E-state index in [-0.39, 0.29) is 12.1 Å². The molecule has 1 aromatic carbocycles. The Kier molecular flexibility index (Phi) is 3.66. The molecule has 0 saturated heterocycles. The third-order valence-electron chi connectivity index (χ3n) is 3.52. The van der Waals surface area contributed by atoms with Crippen LogP contribution in [-0.2, 0) is 13.0 Å². The van der Waals surface area contributed by atoms with Gasteiger partial charge in [-0.05, 0) is 42.8 Å². The highest BCUT2D eigenvalue weighted by Gasteiger charge is 2.13. The molecule has 2 heterocycles. The molecule has 0 bridgehead atoms. The molecule has 0 amide bonds. The van der Waals surface area contributed by atoms with Gasteiger partial charge in [-0.2, -0.15) is 0 Å². The third kappa shape index (κ3) is 2.52. The summed E-state index contributed by atoms with van der Waals surface area (Å²) in [4.78, 5) is 4.32. The number of halogens is 2. The van der Waals surface area contributed by atoms with Gasteiger partial charge in [0.25, 0.3) is 0 Å². The van der Waals surface area contributed by atoms with Gasteiger partial charge in [0, 0.05) is 23.3 Å². The Hall–Kier alpha value is -2.27. The Morgan fingerprint density at radius 1 is 1.10 bits per heavy atom. The van der Waals surface area contributed by atoms with Crippen LogP contribution in [0.15, 0.2) is 42.7 Å². The zero-order valence-corrected chi connectivity index (χ0v) is 11.4. The maximum atomic E-state index is 13.8. The van der Waals surface area contributed by atoms with Gasteiger partial charge in [0.1, 0.15) is 17.3 Å². The van der Waals surface area contributed by atoms with Crippen molar-refractivity contribution in [2.75, 3.05) is 6.54 Å². The van der Waals surface area contributed by atoms with Crippen LogP contribution < -0.4 is 5.73 Å². The molecule has 108 valence electrons. The molecule has 3 aromatic rings. The van der Waals surface area contributed by atoms with Crippen LogP contribution in [0, 0.1) is 11.6 Å². The van der Waals surface area contributed by atoms with Crippen LogP contribution in [0.25, 0.3) is 11.0 Å². The summed E-state index contributed by atoms with van der Waals surface area (Å²) in [5, 5.41) is 0.972. The van der Waals surface area contributed by atoms with E-state index >= 15 is 0 Å². The highest BCUT2D eigenvalue weighted by atomic mass is 19.1. The molecule has 0 radical (unpaired) electrons. The zero-order chi connectivity index (χ0) is 14.8. The van der Waals surface area contributed by atoms with Gasteiger partial charge in [-0.3, -0.25) is 0 Å². The van der Waals surface area contributed by atoms with E-state index in [1.165, 1.54) is 18.2 Å². The van der Waals surface area contributed by atoms with Crippen LogP contribution in [-0.4, -0.2) is 16.1 Å². The smallest absolute Gasteiger partial charge is 0.140 e. The van der Waals surface area contributed by atoms with Crippen LogP contribution in [0.4, 0.5) is 8.78 Å². The molecular weight excluding hydrogens is 272 g/mol. The number of aromatic nitrogens is 2. The van der Waals surface area contributed by atoms with Gasteiger partial charge in [-0.25, -0.2) is 13.8 Å². The fourth-order valence-corrected chi connectivity index (χ4v) is 2.52. The lowest BCUT2D eigenvalue weighted by atomic mass is 10.2. The number of nitrogens with zero attached hydrogens (tertiary/aromatic N) is 2. The van der Waals surface area contributed by atoms with Crippen molar-refractivity contribution in [3.8, 4) is 0 Å². The van der Waals surface area contributed by atoms with E-state index in [0.717, 1.165) is 10.9 Å². The van der Waals surface area contributed by atoms with Crippen LogP contribution in [0.1, 0.15) is 11.1 Å². The maximum absolute atomic E-state index is 13.8. The summed E-state index contributed by atoms with van der Waals surface area (Å²) in [5.41, 5.74) is 7.40. The van der Waals surface area contributed by atoms with Gasteiger partial charge in [0.05, 0.1) is 6.54 Å². The second-order valence-electron chi connectivity index (χ2n) is 4.90. The normalized spacial score (nSPS) is 11.2. The Bertz CT molecular complexity index is 760. The van der Waals surface area contributed by atoms with Gasteiger partial charge in [0.2, 0.25) is 0 Å². The minimum atomic E-state index is -0.548. The predicted molar refractivity (Wildman–Crippen MR) is 78.0 cm³/mol. The monoisotopic (exact) mass is 287 g/mol. The number of hydrogen-bond donors (Lipinski definition) is 1. The Balaban J connectivity index is 2.09. The summed E-state index contributed by atoms with van der Waals surface area (Å²) in [7, 11) is 0. The molecule has 3 rings (SSSR count). The first-order valence-corrected chi connectivity index (χ1v) is 6.76. The van der Waals surface area contributed by atoms with E-state index in [9.17, 15) is 8.78 Å². The van der Waals surface area contributed by atoms with Crippen molar-refractivity contribution in [1.29, 1.82) is 0 Å². The summed E-state index contributed by atoms with van der Waals surface area (Å²) >= 11 is 0. The lowest BCUT2D eigenvalue weighted by Gasteiger charge is -2.07. The minimum absolute atomic E-state index is 0.0411. The van der Waals surface area contributed by atoms with Crippen molar-refractivity contribution in [3.05, 3.63) is 65.5 Å². The number of rotatable bonds is 4. The number of nitrogens with two attached hydrogens (primary N) is 1. The van der Waals surface area contributed by atoms with Crippen molar-refractivity contribution in [3.63, 3.8) is 0 Å². The van der Waals surface area contributed by atoms with Crippen LogP contribution in [0.2, 0.25) is 0 Å². The van der Waals surface area contributed by atoms with Crippen molar-refractivity contribution < 1.29 is 8.78 Å². The highest BCUT2D eigenvalue weighted by molar-refractivity contribution is 5.80. The Labute approximate surface area is 121 Å². The summed E-state index contributed by atoms with van der Waals surface area (Å²) in [6.45, 7) is 0.624. The summed E-state index contributed by atoms with van der Waals surface area (Å²) in [5.74, 6) is -1.10. The summed E-state index contributed by atoms with van der Waals surface area (Å²) in [6.07, 6.45) is 4.24. The Morgan fingerprint density at radius 2 is 1.86 bits per heavy atom. The van der Waals surface area contributed by atoms with Crippen LogP contribution in [0.3, 0.4) is 0 Å². The van der Waals surface area contributed by atoms with E-state index in [0.29, 0.717) is 18.6 Å². The van der Waals surface area contributed by atoms with E-state index in [1.54, 1.807) is 10.8 Å². The first-order chi connectivity index (χ1) is 10.2. The standard InChI is InChI=1S/C16H15F2N3/c17-14-4-1-5-15(18)13(14)10-21-9-11(6-7-19)12-3-2-8-20-16(12)21/h1-5,8-9H,6-7,10,19H2. The van der Waals surface area contributed by atoms with Gasteiger partial charge in [-0.1, -0.05) is 6.07 Å². The molecule has 5 heteroatoms. The Morgan fingerprint density at radius 3 is 2.57 bits per heavy atom. The molecule has 0 spiro atoms. The van der Waals surface area contributed by atoms with Crippen molar-refractivity contribution in [2.24, 2.45) is 5.73 Å². The molecule has 0 atom stereocenters. The second kappa shape index (κ2) is 5.61. The molecule has 21 heavy (non-hydrogen) atoms. The van der Waals surface area contributed by atoms with Crippen molar-refractivity contribution >= 4 is 11.0 Å². The van der Waals surface area contributed by atoms with E-state index in [4.69, 9.17) is 5.73 Å². The molecule has 0 fully saturated rings. The highest BCUT2D eigenvalue weighted by Crippen LogP contribution is 2.22. The quantitative estimate of drug-likeness (QED) is 0.802. The van der Waals surface area contributed by atoms with Crippen LogP contribution >= 0.6 is 0 Å². The lowest BCUT2D eigenvalue weighted by Crippen LogP contribution is -2.04. The SMILES string of the molecule is NCCc1cn(Cc2c(F)cccc2F)c2ncccc12. The predicted octanol–water partition coefficient (Wildman–Crippen LogP) is 2.86. The maximum Gasteiger partial charge on any atom is 0.140 e. The fraction of sp³-hybridized carbons (Fsp3) is 0.188. The second-order valence-corrected chi connectivity index (χ2v) is 4.90. The van der Waals surface area contributed by atoms with E-state index < -0.39 is 11.6 Å². The molecule has 3 nitrogen and oxygen atoms in total. The van der Waals surface area contributed by atoms with E-state index in [1.807, 2.05) is 18.3 Å². The van der Waals surface area contributed by atoms with Gasteiger partial charge in [0.15, 0.2) is 0 Å². The molecule has 0 saturated carbocycles. The average molecular weight is 287 g/mol. The van der Waals surface area contributed by atoms with Crippen molar-refractivity contribution in [1.82, 2.24) is 9.55 Å². The summed E-state index contributed by atoms with van der Waals surface area (Å²) < 4.78 is 29.4. The number of hydrogen-bond acceptors (Lipinski definition) is 2. The topological polar surface area (TPSA) is 43.8 Å². The lowest BCUT2D eigenvalue weighted by molar-refractivity contribution is 0.546. The fourth-order valence-electron chi connectivity index (χ4n) is 2.52. The number of benzene rings is 1. The molecule has 0 aliphatic rings. The average Bonchev–Trinajstić information content (AvgIpc) is 2.82. The van der Waals surface area contributed by atoms with E-state index in [2.05, 4.69) is 4.98 Å². The molecule has 0 aliphatic carbocycles. The number of pyridine rings is 1. The largest absolute Gasteiger partial charge is 0.330 e. The van der Waals surface area contributed by atoms with Crippen LogP contribution in [0.5, 0.6) is 0 Å². The van der Waals surface area contributed by atoms with Gasteiger partial charge < -0.3 is 10.3 Å². The zero-order valence-electron chi connectivity index (χ0n) is 11.4. The number of fused-ring (bicyclic) bond motifs is 1. The molecule has 2 N–H and O–H groups in total. The van der Waals surface area contributed by atoms with Gasteiger partial charge >= 0.3 is 0 Å².